The van der Waals surface area contributed by atoms with Crippen LogP contribution in [0.5, 0.6) is 0 Å². The van der Waals surface area contributed by atoms with Crippen LogP contribution < -0.4 is 0 Å². The highest BCUT2D eigenvalue weighted by Gasteiger charge is 1.99. The number of aromatic nitrogens is 4. The molecule has 0 unspecified atom stereocenters. The van der Waals surface area contributed by atoms with E-state index in [0.29, 0.717) is 0 Å². The van der Waals surface area contributed by atoms with E-state index in [1.807, 2.05) is 20.0 Å². The molecule has 2 aromatic rings. The molecule has 0 N–H and O–H groups in total. The lowest BCUT2D eigenvalue weighted by Gasteiger charge is -1.91. The molecule has 0 saturated heterocycles. The van der Waals surface area contributed by atoms with Crippen molar-refractivity contribution in [2.75, 3.05) is 0 Å². The van der Waals surface area contributed by atoms with Crippen molar-refractivity contribution in [3.05, 3.63) is 18.0 Å². The SMILES string of the molecule is Cc1cc2c(cn1)nnn2C. The largest absolute Gasteiger partial charge is 0.259 e. The molecule has 0 aliphatic heterocycles. The van der Waals surface area contributed by atoms with Crippen LogP contribution in [0.2, 0.25) is 0 Å². The van der Waals surface area contributed by atoms with Crippen molar-refractivity contribution in [2.24, 2.45) is 7.05 Å². The molecule has 0 amide bonds. The molecule has 4 nitrogen and oxygen atoms in total. The highest BCUT2D eigenvalue weighted by molar-refractivity contribution is 5.73. The maximum Gasteiger partial charge on any atom is 0.131 e. The molecule has 2 rings (SSSR count). The minimum Gasteiger partial charge on any atom is -0.259 e. The highest BCUT2D eigenvalue weighted by atomic mass is 15.4. The van der Waals surface area contributed by atoms with Crippen molar-refractivity contribution >= 4 is 11.0 Å². The summed E-state index contributed by atoms with van der Waals surface area (Å²) in [4.78, 5) is 4.10. The van der Waals surface area contributed by atoms with Crippen LogP contribution in [-0.4, -0.2) is 20.0 Å². The molecular formula is C7H8N4. The van der Waals surface area contributed by atoms with E-state index < -0.39 is 0 Å². The first-order valence-corrected chi connectivity index (χ1v) is 3.39. The number of hydrogen-bond acceptors (Lipinski definition) is 3. The monoisotopic (exact) mass is 148 g/mol. The Labute approximate surface area is 63.9 Å². The Bertz CT molecular complexity index is 390. The van der Waals surface area contributed by atoms with Crippen LogP contribution >= 0.6 is 0 Å². The van der Waals surface area contributed by atoms with Gasteiger partial charge in [0.1, 0.15) is 5.52 Å². The fourth-order valence-electron chi connectivity index (χ4n) is 1.04. The average Bonchev–Trinajstić information content (AvgIpc) is 2.33. The van der Waals surface area contributed by atoms with Gasteiger partial charge in [-0.2, -0.15) is 0 Å². The van der Waals surface area contributed by atoms with E-state index in [4.69, 9.17) is 0 Å². The van der Waals surface area contributed by atoms with Crippen LogP contribution in [0.4, 0.5) is 0 Å². The first-order valence-electron chi connectivity index (χ1n) is 3.39. The molecule has 0 atom stereocenters. The van der Waals surface area contributed by atoms with Gasteiger partial charge in [-0.1, -0.05) is 5.21 Å². The zero-order valence-electron chi connectivity index (χ0n) is 6.44. The maximum atomic E-state index is 4.10. The molecule has 0 aliphatic carbocycles. The third-order valence-electron chi connectivity index (χ3n) is 1.63. The fourth-order valence-corrected chi connectivity index (χ4v) is 1.04. The topological polar surface area (TPSA) is 43.6 Å². The Hall–Kier alpha value is -1.45. The minimum absolute atomic E-state index is 0.845. The second-order valence-corrected chi connectivity index (χ2v) is 2.53. The fraction of sp³-hybridized carbons (Fsp3) is 0.286. The minimum atomic E-state index is 0.845. The van der Waals surface area contributed by atoms with E-state index in [2.05, 4.69) is 15.3 Å². The Morgan fingerprint density at radius 1 is 1.45 bits per heavy atom. The van der Waals surface area contributed by atoms with E-state index in [-0.39, 0.29) is 0 Å². The third kappa shape index (κ3) is 0.869. The van der Waals surface area contributed by atoms with Crippen molar-refractivity contribution in [2.45, 2.75) is 6.92 Å². The van der Waals surface area contributed by atoms with E-state index in [0.717, 1.165) is 16.7 Å². The summed E-state index contributed by atoms with van der Waals surface area (Å²) in [5.74, 6) is 0. The van der Waals surface area contributed by atoms with Crippen molar-refractivity contribution in [3.8, 4) is 0 Å². The standard InChI is InChI=1S/C7H8N4/c1-5-3-7-6(4-8-5)9-10-11(7)2/h3-4H,1-2H3. The van der Waals surface area contributed by atoms with Gasteiger partial charge in [0.2, 0.25) is 0 Å². The van der Waals surface area contributed by atoms with Gasteiger partial charge in [0, 0.05) is 12.7 Å². The van der Waals surface area contributed by atoms with Gasteiger partial charge < -0.3 is 0 Å². The summed E-state index contributed by atoms with van der Waals surface area (Å²) >= 11 is 0. The van der Waals surface area contributed by atoms with Gasteiger partial charge >= 0.3 is 0 Å². The number of rotatable bonds is 0. The van der Waals surface area contributed by atoms with Crippen LogP contribution in [-0.2, 0) is 7.05 Å². The van der Waals surface area contributed by atoms with Crippen molar-refractivity contribution in [1.29, 1.82) is 0 Å². The zero-order valence-corrected chi connectivity index (χ0v) is 6.44. The average molecular weight is 148 g/mol. The molecule has 0 saturated carbocycles. The van der Waals surface area contributed by atoms with Gasteiger partial charge in [0.05, 0.1) is 11.7 Å². The van der Waals surface area contributed by atoms with Gasteiger partial charge in [-0.3, -0.25) is 4.98 Å². The van der Waals surface area contributed by atoms with E-state index in [1.165, 1.54) is 0 Å². The Morgan fingerprint density at radius 2 is 2.27 bits per heavy atom. The van der Waals surface area contributed by atoms with Crippen molar-refractivity contribution in [1.82, 2.24) is 20.0 Å². The zero-order chi connectivity index (χ0) is 7.84. The second kappa shape index (κ2) is 2.02. The predicted molar refractivity (Wildman–Crippen MR) is 41.0 cm³/mol. The summed E-state index contributed by atoms with van der Waals surface area (Å²) in [5.41, 5.74) is 2.86. The van der Waals surface area contributed by atoms with Crippen LogP contribution in [0.3, 0.4) is 0 Å². The number of pyridine rings is 1. The van der Waals surface area contributed by atoms with Gasteiger partial charge in [-0.25, -0.2) is 4.68 Å². The van der Waals surface area contributed by atoms with Gasteiger partial charge in [-0.15, -0.1) is 5.10 Å². The lowest BCUT2D eigenvalue weighted by molar-refractivity contribution is 0.736. The molecule has 0 spiro atoms. The summed E-state index contributed by atoms with van der Waals surface area (Å²) < 4.78 is 1.74. The lowest BCUT2D eigenvalue weighted by Crippen LogP contribution is -1.89. The maximum absolute atomic E-state index is 4.10. The number of hydrogen-bond donors (Lipinski definition) is 0. The first-order chi connectivity index (χ1) is 5.27. The second-order valence-electron chi connectivity index (χ2n) is 2.53. The molecule has 2 heterocycles. The lowest BCUT2D eigenvalue weighted by atomic mass is 10.3. The summed E-state index contributed by atoms with van der Waals surface area (Å²) in [6, 6.07) is 1.97. The quantitative estimate of drug-likeness (QED) is 0.551. The summed E-state index contributed by atoms with van der Waals surface area (Å²) in [7, 11) is 1.87. The van der Waals surface area contributed by atoms with Crippen LogP contribution in [0.1, 0.15) is 5.69 Å². The Morgan fingerprint density at radius 3 is 3.09 bits per heavy atom. The Balaban J connectivity index is 2.87. The van der Waals surface area contributed by atoms with Gasteiger partial charge in [0.25, 0.3) is 0 Å². The van der Waals surface area contributed by atoms with E-state index >= 15 is 0 Å². The summed E-state index contributed by atoms with van der Waals surface area (Å²) in [6.07, 6.45) is 1.73. The van der Waals surface area contributed by atoms with Gasteiger partial charge in [-0.05, 0) is 13.0 Å². The normalized spacial score (nSPS) is 10.7. The highest BCUT2D eigenvalue weighted by Crippen LogP contribution is 2.08. The van der Waals surface area contributed by atoms with Crippen LogP contribution in [0, 0.1) is 6.92 Å². The third-order valence-corrected chi connectivity index (χ3v) is 1.63. The van der Waals surface area contributed by atoms with E-state index in [1.54, 1.807) is 10.9 Å². The molecule has 2 aromatic heterocycles. The number of fused-ring (bicyclic) bond motifs is 1. The molecule has 0 aliphatic rings. The molecule has 0 radical (unpaired) electrons. The smallest absolute Gasteiger partial charge is 0.131 e. The van der Waals surface area contributed by atoms with E-state index in [9.17, 15) is 0 Å². The molecule has 4 heteroatoms. The number of nitrogens with zero attached hydrogens (tertiary/aromatic N) is 4. The van der Waals surface area contributed by atoms with Crippen molar-refractivity contribution < 1.29 is 0 Å². The first kappa shape index (κ1) is 6.27. The number of aryl methyl sites for hydroxylation is 2. The molecule has 0 fully saturated rings. The predicted octanol–water partition coefficient (Wildman–Crippen LogP) is 0.672. The van der Waals surface area contributed by atoms with Gasteiger partial charge in [0.15, 0.2) is 0 Å². The molecule has 56 valence electrons. The molecule has 0 aromatic carbocycles. The van der Waals surface area contributed by atoms with Crippen molar-refractivity contribution in [3.63, 3.8) is 0 Å². The van der Waals surface area contributed by atoms with Crippen LogP contribution in [0.15, 0.2) is 12.3 Å². The molecule has 0 bridgehead atoms. The summed E-state index contributed by atoms with van der Waals surface area (Å²) in [6.45, 7) is 1.95. The van der Waals surface area contributed by atoms with Crippen LogP contribution in [0.25, 0.3) is 11.0 Å². The summed E-state index contributed by atoms with van der Waals surface area (Å²) in [5, 5.41) is 7.77. The Kier molecular flexibility index (Phi) is 1.15. The molecular weight excluding hydrogens is 140 g/mol. The molecule has 11 heavy (non-hydrogen) atoms.